The van der Waals surface area contributed by atoms with Crippen LogP contribution in [0.3, 0.4) is 0 Å². The van der Waals surface area contributed by atoms with Gasteiger partial charge in [-0.2, -0.15) is 0 Å². The fraction of sp³-hybridized carbons (Fsp3) is 0.200. The summed E-state index contributed by atoms with van der Waals surface area (Å²) in [4.78, 5) is 25.2. The first-order valence-corrected chi connectivity index (χ1v) is 10.0. The van der Waals surface area contributed by atoms with Crippen LogP contribution in [-0.2, 0) is 16.1 Å². The van der Waals surface area contributed by atoms with Crippen LogP contribution in [-0.4, -0.2) is 26.1 Å². The van der Waals surface area contributed by atoms with Crippen LogP contribution in [0.1, 0.15) is 33.1 Å². The Bertz CT molecular complexity index is 1030. The molecule has 0 saturated heterocycles. The maximum Gasteiger partial charge on any atom is 0.341 e. The molecule has 3 aromatic carbocycles. The van der Waals surface area contributed by atoms with E-state index in [9.17, 15) is 9.59 Å². The summed E-state index contributed by atoms with van der Waals surface area (Å²) in [5.74, 6) is -0.125. The van der Waals surface area contributed by atoms with Gasteiger partial charge in [0.15, 0.2) is 6.04 Å². The van der Waals surface area contributed by atoms with Crippen LogP contribution in [0.5, 0.6) is 5.75 Å². The lowest BCUT2D eigenvalue weighted by Gasteiger charge is -2.17. The van der Waals surface area contributed by atoms with E-state index in [4.69, 9.17) is 9.47 Å². The SMILES string of the molecule is COC(=O)c1cc(C[NH2+][C@@H](C(=O)Nc2ccc(C)cc2)c2ccccc2)ccc1OC. The molecule has 1 amide bonds. The standard InChI is InChI=1S/C25H26N2O4/c1-17-9-12-20(13-10-17)27-24(28)23(19-7-5-4-6-8-19)26-16-18-11-14-22(30-2)21(15-18)25(29)31-3/h4-15,23,26H,16H2,1-3H3,(H,27,28)/p+1/t23-/m1/s1. The Hall–Kier alpha value is -3.64. The zero-order valence-electron chi connectivity index (χ0n) is 17.9. The number of amides is 1. The minimum absolute atomic E-state index is 0.114. The van der Waals surface area contributed by atoms with E-state index in [0.717, 1.165) is 22.4 Å². The largest absolute Gasteiger partial charge is 0.496 e. The van der Waals surface area contributed by atoms with Gasteiger partial charge in [-0.1, -0.05) is 48.0 Å². The van der Waals surface area contributed by atoms with Crippen molar-refractivity contribution < 1.29 is 24.4 Å². The summed E-state index contributed by atoms with van der Waals surface area (Å²) in [5.41, 5.74) is 4.02. The molecule has 0 saturated carbocycles. The smallest absolute Gasteiger partial charge is 0.341 e. The highest BCUT2D eigenvalue weighted by Gasteiger charge is 2.24. The van der Waals surface area contributed by atoms with E-state index >= 15 is 0 Å². The van der Waals surface area contributed by atoms with Gasteiger partial charge in [-0.05, 0) is 37.3 Å². The molecule has 6 heteroatoms. The fourth-order valence-corrected chi connectivity index (χ4v) is 3.32. The first-order valence-electron chi connectivity index (χ1n) is 10.0. The Balaban J connectivity index is 1.80. The van der Waals surface area contributed by atoms with Gasteiger partial charge < -0.3 is 20.1 Å². The predicted molar refractivity (Wildman–Crippen MR) is 119 cm³/mol. The molecule has 0 heterocycles. The maximum absolute atomic E-state index is 13.1. The number of hydrogen-bond acceptors (Lipinski definition) is 4. The molecule has 0 aliphatic heterocycles. The molecule has 0 spiro atoms. The molecule has 0 aliphatic carbocycles. The third-order valence-corrected chi connectivity index (χ3v) is 5.02. The molecule has 3 aromatic rings. The van der Waals surface area contributed by atoms with Gasteiger partial charge in [0, 0.05) is 16.8 Å². The summed E-state index contributed by atoms with van der Waals surface area (Å²) in [6.45, 7) is 2.50. The number of methoxy groups -OCH3 is 2. The van der Waals surface area contributed by atoms with Gasteiger partial charge in [0.2, 0.25) is 0 Å². The van der Waals surface area contributed by atoms with Crippen LogP contribution in [0.4, 0.5) is 5.69 Å². The molecule has 1 atom stereocenters. The number of ether oxygens (including phenoxy) is 2. The normalized spacial score (nSPS) is 11.5. The average Bonchev–Trinajstić information content (AvgIpc) is 2.80. The van der Waals surface area contributed by atoms with Crippen molar-refractivity contribution in [2.75, 3.05) is 19.5 Å². The first kappa shape index (κ1) is 22.1. The average molecular weight is 420 g/mol. The van der Waals surface area contributed by atoms with E-state index in [1.165, 1.54) is 14.2 Å². The number of anilines is 1. The highest BCUT2D eigenvalue weighted by Crippen LogP contribution is 2.21. The lowest BCUT2D eigenvalue weighted by atomic mass is 10.0. The molecule has 160 valence electrons. The van der Waals surface area contributed by atoms with Crippen molar-refractivity contribution in [2.45, 2.75) is 19.5 Å². The summed E-state index contributed by atoms with van der Waals surface area (Å²) >= 11 is 0. The zero-order valence-corrected chi connectivity index (χ0v) is 17.9. The van der Waals surface area contributed by atoms with Crippen LogP contribution in [0, 0.1) is 6.92 Å². The topological polar surface area (TPSA) is 81.2 Å². The van der Waals surface area contributed by atoms with Crippen molar-refractivity contribution in [3.05, 3.63) is 95.1 Å². The van der Waals surface area contributed by atoms with E-state index in [1.807, 2.05) is 72.9 Å². The third kappa shape index (κ3) is 5.71. The third-order valence-electron chi connectivity index (χ3n) is 5.02. The minimum atomic E-state index is -0.463. The summed E-state index contributed by atoms with van der Waals surface area (Å²) in [6.07, 6.45) is 0. The van der Waals surface area contributed by atoms with Crippen LogP contribution in [0.2, 0.25) is 0 Å². The molecular weight excluding hydrogens is 392 g/mol. The number of nitrogens with one attached hydrogen (secondary N) is 1. The summed E-state index contributed by atoms with van der Waals surface area (Å²) in [6, 6.07) is 22.2. The summed E-state index contributed by atoms with van der Waals surface area (Å²) in [7, 11) is 2.84. The molecule has 0 aliphatic rings. The van der Waals surface area contributed by atoms with Crippen LogP contribution < -0.4 is 15.4 Å². The zero-order chi connectivity index (χ0) is 22.2. The maximum atomic E-state index is 13.1. The lowest BCUT2D eigenvalue weighted by Crippen LogP contribution is -2.85. The van der Waals surface area contributed by atoms with Crippen LogP contribution in [0.25, 0.3) is 0 Å². The quantitative estimate of drug-likeness (QED) is 0.550. The monoisotopic (exact) mass is 419 g/mol. The highest BCUT2D eigenvalue weighted by atomic mass is 16.5. The van der Waals surface area contributed by atoms with Crippen LogP contribution >= 0.6 is 0 Å². The Morgan fingerprint density at radius 1 is 0.968 bits per heavy atom. The second kappa shape index (κ2) is 10.4. The van der Waals surface area contributed by atoms with E-state index in [1.54, 1.807) is 12.1 Å². The number of carbonyl (C=O) groups excluding carboxylic acids is 2. The molecule has 3 rings (SSSR count). The molecule has 0 aromatic heterocycles. The van der Waals surface area contributed by atoms with E-state index in [0.29, 0.717) is 17.9 Å². The number of aryl methyl sites for hydroxylation is 1. The summed E-state index contributed by atoms with van der Waals surface area (Å²) in [5, 5.41) is 4.94. The van der Waals surface area contributed by atoms with E-state index in [-0.39, 0.29) is 5.91 Å². The van der Waals surface area contributed by atoms with E-state index < -0.39 is 12.0 Å². The predicted octanol–water partition coefficient (Wildman–Crippen LogP) is 3.23. The molecule has 31 heavy (non-hydrogen) atoms. The van der Waals surface area contributed by atoms with Crippen molar-refractivity contribution in [3.8, 4) is 5.75 Å². The Labute approximate surface area is 182 Å². The molecule has 0 bridgehead atoms. The molecule has 3 N–H and O–H groups in total. The molecule has 0 fully saturated rings. The lowest BCUT2D eigenvalue weighted by molar-refractivity contribution is -0.697. The number of benzene rings is 3. The number of hydrogen-bond donors (Lipinski definition) is 2. The number of nitrogens with two attached hydrogens (primary N) is 1. The number of carbonyl (C=O) groups is 2. The fourth-order valence-electron chi connectivity index (χ4n) is 3.32. The Morgan fingerprint density at radius 3 is 2.32 bits per heavy atom. The van der Waals surface area contributed by atoms with Gasteiger partial charge in [0.1, 0.15) is 17.9 Å². The molecule has 0 radical (unpaired) electrons. The van der Waals surface area contributed by atoms with Gasteiger partial charge in [0.25, 0.3) is 5.91 Å². The van der Waals surface area contributed by atoms with Crippen molar-refractivity contribution in [2.24, 2.45) is 0 Å². The number of esters is 1. The molecule has 6 nitrogen and oxygen atoms in total. The summed E-state index contributed by atoms with van der Waals surface area (Å²) < 4.78 is 10.1. The Morgan fingerprint density at radius 2 is 1.68 bits per heavy atom. The number of rotatable bonds is 8. The molecule has 0 unspecified atom stereocenters. The molecular formula is C25H27N2O4+. The van der Waals surface area contributed by atoms with Gasteiger partial charge >= 0.3 is 5.97 Å². The highest BCUT2D eigenvalue weighted by molar-refractivity contribution is 5.94. The minimum Gasteiger partial charge on any atom is -0.496 e. The van der Waals surface area contributed by atoms with Crippen molar-refractivity contribution in [1.82, 2.24) is 0 Å². The van der Waals surface area contributed by atoms with Crippen molar-refractivity contribution in [3.63, 3.8) is 0 Å². The van der Waals surface area contributed by atoms with Gasteiger partial charge in [-0.25, -0.2) is 4.79 Å². The number of quaternary nitrogens is 1. The van der Waals surface area contributed by atoms with Crippen LogP contribution in [0.15, 0.2) is 72.8 Å². The van der Waals surface area contributed by atoms with Crippen molar-refractivity contribution in [1.29, 1.82) is 0 Å². The second-order valence-corrected chi connectivity index (χ2v) is 7.21. The van der Waals surface area contributed by atoms with Gasteiger partial charge in [0.05, 0.1) is 14.2 Å². The van der Waals surface area contributed by atoms with Crippen molar-refractivity contribution >= 4 is 17.6 Å². The first-order chi connectivity index (χ1) is 15.0. The van der Waals surface area contributed by atoms with E-state index in [2.05, 4.69) is 5.32 Å². The Kier molecular flexibility index (Phi) is 7.40. The second-order valence-electron chi connectivity index (χ2n) is 7.21. The van der Waals surface area contributed by atoms with Gasteiger partial charge in [-0.15, -0.1) is 0 Å². The van der Waals surface area contributed by atoms with Gasteiger partial charge in [-0.3, -0.25) is 4.79 Å².